The van der Waals surface area contributed by atoms with Gasteiger partial charge in [-0.3, -0.25) is 4.79 Å². The molecule has 7 heteroatoms. The van der Waals surface area contributed by atoms with Crippen molar-refractivity contribution < 1.29 is 9.53 Å². The Hall–Kier alpha value is -3.12. The van der Waals surface area contributed by atoms with Crippen LogP contribution in [0.4, 0.5) is 5.69 Å². The molecule has 6 nitrogen and oxygen atoms in total. The van der Waals surface area contributed by atoms with Crippen LogP contribution >= 0.6 is 11.6 Å². The van der Waals surface area contributed by atoms with Crippen LogP contribution in [0.1, 0.15) is 28.5 Å². The zero-order valence-corrected chi connectivity index (χ0v) is 16.4. The zero-order valence-electron chi connectivity index (χ0n) is 15.6. The summed E-state index contributed by atoms with van der Waals surface area (Å²) in [6, 6.07) is 16.0. The van der Waals surface area contributed by atoms with Crippen molar-refractivity contribution in [2.75, 3.05) is 11.9 Å². The molecular weight excluding hydrogens is 378 g/mol. The number of hydrogen-bond donors (Lipinski definition) is 1. The number of nitrogens with zero attached hydrogens (tertiary/aromatic N) is 2. The molecule has 0 saturated heterocycles. The summed E-state index contributed by atoms with van der Waals surface area (Å²) < 4.78 is 6.30. The van der Waals surface area contributed by atoms with Crippen molar-refractivity contribution in [3.8, 4) is 5.69 Å². The molecular formula is C21H20ClN3O3. The minimum Gasteiger partial charge on any atom is -0.461 e. The Labute approximate surface area is 167 Å². The second kappa shape index (κ2) is 8.71. The van der Waals surface area contributed by atoms with E-state index in [1.54, 1.807) is 25.1 Å². The minimum atomic E-state index is -0.606. The number of anilines is 1. The lowest BCUT2D eigenvalue weighted by atomic mass is 10.2. The van der Waals surface area contributed by atoms with E-state index in [4.69, 9.17) is 16.3 Å². The number of nitrogens with one attached hydrogen (secondary N) is 1. The summed E-state index contributed by atoms with van der Waals surface area (Å²) in [6.07, 6.45) is 0. The van der Waals surface area contributed by atoms with Gasteiger partial charge < -0.3 is 10.1 Å². The molecule has 1 N–H and O–H groups in total. The molecule has 0 atom stereocenters. The van der Waals surface area contributed by atoms with Gasteiger partial charge in [0.05, 0.1) is 18.0 Å². The van der Waals surface area contributed by atoms with Gasteiger partial charge in [0, 0.05) is 17.6 Å². The van der Waals surface area contributed by atoms with Crippen LogP contribution in [0, 0.1) is 6.92 Å². The molecule has 28 heavy (non-hydrogen) atoms. The smallest absolute Gasteiger partial charge is 0.360 e. The van der Waals surface area contributed by atoms with Crippen molar-refractivity contribution in [1.82, 2.24) is 9.78 Å². The molecule has 0 spiro atoms. The quantitative estimate of drug-likeness (QED) is 0.637. The van der Waals surface area contributed by atoms with Gasteiger partial charge in [-0.1, -0.05) is 47.5 Å². The summed E-state index contributed by atoms with van der Waals surface area (Å²) in [5.74, 6) is -0.606. The van der Waals surface area contributed by atoms with E-state index in [-0.39, 0.29) is 17.9 Å². The van der Waals surface area contributed by atoms with Crippen molar-refractivity contribution >= 4 is 23.3 Å². The lowest BCUT2D eigenvalue weighted by Crippen LogP contribution is -2.26. The van der Waals surface area contributed by atoms with Crippen LogP contribution in [0.25, 0.3) is 5.69 Å². The number of aromatic nitrogens is 2. The van der Waals surface area contributed by atoms with Crippen LogP contribution < -0.4 is 10.9 Å². The molecule has 144 valence electrons. The van der Waals surface area contributed by atoms with Crippen molar-refractivity contribution in [3.63, 3.8) is 0 Å². The predicted molar refractivity (Wildman–Crippen MR) is 109 cm³/mol. The third-order valence-corrected chi connectivity index (χ3v) is 4.47. The Morgan fingerprint density at radius 1 is 1.18 bits per heavy atom. The van der Waals surface area contributed by atoms with Crippen molar-refractivity contribution in [3.05, 3.63) is 86.8 Å². The fourth-order valence-electron chi connectivity index (χ4n) is 2.64. The standard InChI is InChI=1S/C21H20ClN3O3/c1-3-28-21(27)20-18(23-13-15-6-4-5-7-17(15)22)12-19(26)25(24-20)16-10-8-14(2)9-11-16/h4-12,23H,3,13H2,1-2H3. The summed E-state index contributed by atoms with van der Waals surface area (Å²) in [5.41, 5.74) is 2.43. The first-order valence-corrected chi connectivity index (χ1v) is 9.23. The van der Waals surface area contributed by atoms with E-state index in [9.17, 15) is 9.59 Å². The zero-order chi connectivity index (χ0) is 20.1. The molecule has 0 unspecified atom stereocenters. The number of carbonyl (C=O) groups excluding carboxylic acids is 1. The lowest BCUT2D eigenvalue weighted by molar-refractivity contribution is 0.0518. The summed E-state index contributed by atoms with van der Waals surface area (Å²) in [5, 5.41) is 7.93. The molecule has 0 aliphatic rings. The highest BCUT2D eigenvalue weighted by molar-refractivity contribution is 6.31. The van der Waals surface area contributed by atoms with Gasteiger partial charge in [0.1, 0.15) is 0 Å². The van der Waals surface area contributed by atoms with Crippen LogP contribution in [0.15, 0.2) is 59.4 Å². The molecule has 0 saturated carbocycles. The molecule has 0 aliphatic carbocycles. The van der Waals surface area contributed by atoms with Crippen molar-refractivity contribution in [2.45, 2.75) is 20.4 Å². The van der Waals surface area contributed by atoms with Crippen LogP contribution in [0.5, 0.6) is 0 Å². The highest BCUT2D eigenvalue weighted by Gasteiger charge is 2.18. The molecule has 0 radical (unpaired) electrons. The first-order valence-electron chi connectivity index (χ1n) is 8.85. The number of esters is 1. The number of hydrogen-bond acceptors (Lipinski definition) is 5. The first kappa shape index (κ1) is 19.6. The number of rotatable bonds is 6. The van der Waals surface area contributed by atoms with E-state index in [2.05, 4.69) is 10.4 Å². The third-order valence-electron chi connectivity index (χ3n) is 4.11. The predicted octanol–water partition coefficient (Wildman–Crippen LogP) is 3.98. The Kier molecular flexibility index (Phi) is 6.11. The Morgan fingerprint density at radius 3 is 2.57 bits per heavy atom. The van der Waals surface area contributed by atoms with E-state index in [1.807, 2.05) is 37.3 Å². The lowest BCUT2D eigenvalue weighted by Gasteiger charge is -2.13. The van der Waals surface area contributed by atoms with Gasteiger partial charge in [-0.25, -0.2) is 4.79 Å². The van der Waals surface area contributed by atoms with E-state index in [1.165, 1.54) is 10.7 Å². The molecule has 3 rings (SSSR count). The number of halogens is 1. The Bertz CT molecular complexity index is 1050. The molecule has 1 aromatic heterocycles. The molecule has 0 aliphatic heterocycles. The van der Waals surface area contributed by atoms with Crippen molar-refractivity contribution in [1.29, 1.82) is 0 Å². The van der Waals surface area contributed by atoms with Crippen LogP contribution in [-0.2, 0) is 11.3 Å². The fourth-order valence-corrected chi connectivity index (χ4v) is 2.85. The topological polar surface area (TPSA) is 73.2 Å². The minimum absolute atomic E-state index is 0.0362. The summed E-state index contributed by atoms with van der Waals surface area (Å²) >= 11 is 6.18. The van der Waals surface area contributed by atoms with Gasteiger partial charge in [-0.15, -0.1) is 0 Å². The average molecular weight is 398 g/mol. The maximum atomic E-state index is 12.6. The molecule has 0 fully saturated rings. The van der Waals surface area contributed by atoms with Gasteiger partial charge in [-0.2, -0.15) is 9.78 Å². The van der Waals surface area contributed by atoms with E-state index in [0.29, 0.717) is 22.9 Å². The van der Waals surface area contributed by atoms with Crippen LogP contribution in [-0.4, -0.2) is 22.4 Å². The molecule has 1 heterocycles. The SMILES string of the molecule is CCOC(=O)c1nn(-c2ccc(C)cc2)c(=O)cc1NCc1ccccc1Cl. The van der Waals surface area contributed by atoms with Gasteiger partial charge in [0.2, 0.25) is 0 Å². The first-order chi connectivity index (χ1) is 13.5. The average Bonchev–Trinajstić information content (AvgIpc) is 2.68. The number of benzene rings is 2. The van der Waals surface area contributed by atoms with Gasteiger partial charge >= 0.3 is 5.97 Å². The van der Waals surface area contributed by atoms with E-state index >= 15 is 0 Å². The highest BCUT2D eigenvalue weighted by atomic mass is 35.5. The summed E-state index contributed by atoms with van der Waals surface area (Å²) in [7, 11) is 0. The van der Waals surface area contributed by atoms with Crippen LogP contribution in [0.3, 0.4) is 0 Å². The Morgan fingerprint density at radius 2 is 1.89 bits per heavy atom. The maximum absolute atomic E-state index is 12.6. The van der Waals surface area contributed by atoms with Gasteiger partial charge in [-0.05, 0) is 37.6 Å². The molecule has 2 aromatic carbocycles. The van der Waals surface area contributed by atoms with E-state index in [0.717, 1.165) is 11.1 Å². The number of carbonyl (C=O) groups is 1. The summed E-state index contributed by atoms with van der Waals surface area (Å²) in [6.45, 7) is 4.20. The fraction of sp³-hybridized carbons (Fsp3) is 0.190. The molecule has 3 aromatic rings. The van der Waals surface area contributed by atoms with Crippen molar-refractivity contribution in [2.24, 2.45) is 0 Å². The number of aryl methyl sites for hydroxylation is 1. The van der Waals surface area contributed by atoms with E-state index < -0.39 is 5.97 Å². The van der Waals surface area contributed by atoms with Gasteiger partial charge in [0.25, 0.3) is 5.56 Å². The van der Waals surface area contributed by atoms with Crippen LogP contribution in [0.2, 0.25) is 5.02 Å². The maximum Gasteiger partial charge on any atom is 0.360 e. The molecule has 0 bridgehead atoms. The second-order valence-electron chi connectivity index (χ2n) is 6.16. The number of ether oxygens (including phenoxy) is 1. The largest absolute Gasteiger partial charge is 0.461 e. The highest BCUT2D eigenvalue weighted by Crippen LogP contribution is 2.19. The third kappa shape index (κ3) is 4.40. The second-order valence-corrected chi connectivity index (χ2v) is 6.56. The Balaban J connectivity index is 2.00. The monoisotopic (exact) mass is 397 g/mol. The van der Waals surface area contributed by atoms with Gasteiger partial charge in [0.15, 0.2) is 5.69 Å². The molecule has 0 amide bonds. The summed E-state index contributed by atoms with van der Waals surface area (Å²) in [4.78, 5) is 25.0. The normalized spacial score (nSPS) is 10.5.